The molecule has 0 spiro atoms. The molecule has 186 valence electrons. The lowest BCUT2D eigenvalue weighted by atomic mass is 10.2. The molecule has 0 saturated heterocycles. The van der Waals surface area contributed by atoms with Gasteiger partial charge in [-0.1, -0.05) is 48.0 Å². The zero-order valence-electron chi connectivity index (χ0n) is 18.4. The summed E-state index contributed by atoms with van der Waals surface area (Å²) in [5.74, 6) is -1.12. The van der Waals surface area contributed by atoms with Gasteiger partial charge >= 0.3 is 11.9 Å². The summed E-state index contributed by atoms with van der Waals surface area (Å²) in [7, 11) is 0.817. The van der Waals surface area contributed by atoms with E-state index < -0.39 is 34.6 Å². The molecule has 0 amide bonds. The third kappa shape index (κ3) is 5.25. The van der Waals surface area contributed by atoms with Crippen molar-refractivity contribution in [3.05, 3.63) is 110 Å². The Kier molecular flexibility index (Phi) is 6.84. The van der Waals surface area contributed by atoms with Gasteiger partial charge in [0.2, 0.25) is 11.8 Å². The monoisotopic (exact) mass is 521 g/mol. The smallest absolute Gasteiger partial charge is 0.431 e. The first-order chi connectivity index (χ1) is 17.0. The van der Waals surface area contributed by atoms with Crippen molar-refractivity contribution in [3.63, 3.8) is 0 Å². The van der Waals surface area contributed by atoms with Crippen molar-refractivity contribution in [3.8, 4) is 23.2 Å². The molecule has 36 heavy (non-hydrogen) atoms. The number of hydrogen-bond acceptors (Lipinski definition) is 5. The van der Waals surface area contributed by atoms with Crippen molar-refractivity contribution in [2.75, 3.05) is 0 Å². The highest BCUT2D eigenvalue weighted by molar-refractivity contribution is 6.32. The summed E-state index contributed by atoms with van der Waals surface area (Å²) in [6.45, 7) is 0.235. The molecule has 2 aromatic carbocycles. The molecular formula is C24H16ClF4N3O4. The number of hydrogen-bond donors (Lipinski definition) is 0. The number of pyridine rings is 1. The van der Waals surface area contributed by atoms with Crippen LogP contribution in [0.3, 0.4) is 0 Å². The van der Waals surface area contributed by atoms with Crippen LogP contribution in [0, 0.1) is 5.82 Å². The van der Waals surface area contributed by atoms with E-state index >= 15 is 0 Å². The summed E-state index contributed by atoms with van der Waals surface area (Å²) >= 11 is 6.07. The highest BCUT2D eigenvalue weighted by Crippen LogP contribution is 2.33. The Labute approximate surface area is 205 Å². The van der Waals surface area contributed by atoms with Crippen LogP contribution in [0.25, 0.3) is 5.69 Å². The molecule has 2 heterocycles. The first-order valence-corrected chi connectivity index (χ1v) is 10.6. The molecule has 4 rings (SSSR count). The molecule has 0 N–H and O–H groups in total. The average molecular weight is 522 g/mol. The van der Waals surface area contributed by atoms with E-state index in [4.69, 9.17) is 21.1 Å². The molecule has 12 heteroatoms. The number of aromatic nitrogens is 3. The SMILES string of the molecule is Cn1c(C(F)(F)F)cc(=O)n(-c2cc(Oc3cccc(OCc4ccccc4)n3)c(Cl)cc2F)c1=O. The lowest BCUT2D eigenvalue weighted by molar-refractivity contribution is -0.144. The summed E-state index contributed by atoms with van der Waals surface area (Å²) in [6, 6.07) is 15.8. The minimum Gasteiger partial charge on any atom is -0.473 e. The van der Waals surface area contributed by atoms with Crippen molar-refractivity contribution in [2.24, 2.45) is 7.05 Å². The van der Waals surface area contributed by atoms with Gasteiger partial charge in [-0.3, -0.25) is 9.36 Å². The molecule has 0 aliphatic rings. The molecule has 2 aromatic heterocycles. The maximum Gasteiger partial charge on any atom is 0.431 e. The molecule has 0 bridgehead atoms. The van der Waals surface area contributed by atoms with Crippen LogP contribution in [0.15, 0.2) is 76.3 Å². The van der Waals surface area contributed by atoms with Crippen LogP contribution in [0.5, 0.6) is 17.5 Å². The number of rotatable bonds is 6. The first kappa shape index (κ1) is 25.0. The van der Waals surface area contributed by atoms with Crippen molar-refractivity contribution in [2.45, 2.75) is 12.8 Å². The lowest BCUT2D eigenvalue weighted by Gasteiger charge is -2.15. The van der Waals surface area contributed by atoms with E-state index in [2.05, 4.69) is 4.98 Å². The fourth-order valence-corrected chi connectivity index (χ4v) is 3.45. The van der Waals surface area contributed by atoms with Gasteiger partial charge in [0.1, 0.15) is 23.9 Å². The van der Waals surface area contributed by atoms with Gasteiger partial charge in [-0.2, -0.15) is 18.2 Å². The van der Waals surface area contributed by atoms with Crippen LogP contribution in [-0.4, -0.2) is 14.1 Å². The predicted molar refractivity (Wildman–Crippen MR) is 122 cm³/mol. The van der Waals surface area contributed by atoms with E-state index in [1.165, 1.54) is 6.07 Å². The molecule has 0 aliphatic carbocycles. The summed E-state index contributed by atoms with van der Waals surface area (Å²) < 4.78 is 65.8. The van der Waals surface area contributed by atoms with Gasteiger partial charge in [0, 0.05) is 31.3 Å². The van der Waals surface area contributed by atoms with E-state index in [0.717, 1.165) is 24.7 Å². The lowest BCUT2D eigenvalue weighted by Crippen LogP contribution is -2.41. The Morgan fingerprint density at radius 1 is 0.972 bits per heavy atom. The van der Waals surface area contributed by atoms with Gasteiger partial charge in [0.15, 0.2) is 0 Å². The normalized spacial score (nSPS) is 11.4. The van der Waals surface area contributed by atoms with Crippen LogP contribution in [0.4, 0.5) is 17.6 Å². The Bertz CT molecular complexity index is 1540. The second-order valence-corrected chi connectivity index (χ2v) is 7.87. The van der Waals surface area contributed by atoms with Gasteiger partial charge in [0.05, 0.1) is 10.7 Å². The number of nitrogens with zero attached hydrogens (tertiary/aromatic N) is 3. The summed E-state index contributed by atoms with van der Waals surface area (Å²) in [5, 5.41) is -0.231. The summed E-state index contributed by atoms with van der Waals surface area (Å²) in [5.41, 5.74) is -4.01. The quantitative estimate of drug-likeness (QED) is 0.329. The summed E-state index contributed by atoms with van der Waals surface area (Å²) in [4.78, 5) is 29.1. The van der Waals surface area contributed by atoms with Crippen LogP contribution < -0.4 is 20.7 Å². The molecule has 0 radical (unpaired) electrons. The topological polar surface area (TPSA) is 75.3 Å². The van der Waals surface area contributed by atoms with E-state index in [9.17, 15) is 27.2 Å². The largest absolute Gasteiger partial charge is 0.473 e. The molecular weight excluding hydrogens is 506 g/mol. The van der Waals surface area contributed by atoms with Crippen LogP contribution in [-0.2, 0) is 19.8 Å². The van der Waals surface area contributed by atoms with Gasteiger partial charge in [-0.25, -0.2) is 13.8 Å². The molecule has 0 fully saturated rings. The van der Waals surface area contributed by atoms with Crippen molar-refractivity contribution < 1.29 is 27.0 Å². The van der Waals surface area contributed by atoms with E-state index in [1.807, 2.05) is 30.3 Å². The van der Waals surface area contributed by atoms with Gasteiger partial charge in [0.25, 0.3) is 5.56 Å². The van der Waals surface area contributed by atoms with Crippen LogP contribution >= 0.6 is 11.6 Å². The number of benzene rings is 2. The van der Waals surface area contributed by atoms with Gasteiger partial charge in [-0.15, -0.1) is 0 Å². The second kappa shape index (κ2) is 9.86. The van der Waals surface area contributed by atoms with E-state index in [-0.39, 0.29) is 44.3 Å². The van der Waals surface area contributed by atoms with Crippen molar-refractivity contribution in [1.29, 1.82) is 0 Å². The number of ether oxygens (including phenoxy) is 2. The minimum absolute atomic E-state index is 0.00677. The highest BCUT2D eigenvalue weighted by atomic mass is 35.5. The fourth-order valence-electron chi connectivity index (χ4n) is 3.26. The predicted octanol–water partition coefficient (Wildman–Crippen LogP) is 5.11. The summed E-state index contributed by atoms with van der Waals surface area (Å²) in [6.07, 6.45) is -4.96. The third-order valence-electron chi connectivity index (χ3n) is 4.99. The Morgan fingerprint density at radius 3 is 2.36 bits per heavy atom. The maximum absolute atomic E-state index is 14.7. The first-order valence-electron chi connectivity index (χ1n) is 10.3. The van der Waals surface area contributed by atoms with Crippen molar-refractivity contribution >= 4 is 11.6 Å². The number of alkyl halides is 3. The second-order valence-electron chi connectivity index (χ2n) is 7.47. The fraction of sp³-hybridized carbons (Fsp3) is 0.125. The Balaban J connectivity index is 1.67. The highest BCUT2D eigenvalue weighted by Gasteiger charge is 2.35. The van der Waals surface area contributed by atoms with Crippen LogP contribution in [0.2, 0.25) is 5.02 Å². The van der Waals surface area contributed by atoms with Gasteiger partial charge in [-0.05, 0) is 11.6 Å². The minimum atomic E-state index is -4.96. The average Bonchev–Trinajstić information content (AvgIpc) is 2.83. The zero-order chi connectivity index (χ0) is 26.0. The van der Waals surface area contributed by atoms with E-state index in [1.54, 1.807) is 12.1 Å². The molecule has 0 aliphatic heterocycles. The standard InChI is InChI=1S/C24H16ClF4N3O4/c1-31-19(24(27,28)29)12-22(33)32(23(31)34)17-11-18(15(25)10-16(17)26)36-21-9-5-8-20(30-21)35-13-14-6-3-2-4-7-14/h2-12H,13H2,1H3. The molecule has 0 atom stereocenters. The molecule has 0 unspecified atom stereocenters. The Morgan fingerprint density at radius 2 is 1.67 bits per heavy atom. The third-order valence-corrected chi connectivity index (χ3v) is 5.29. The van der Waals surface area contributed by atoms with Crippen molar-refractivity contribution in [1.82, 2.24) is 14.1 Å². The Hall–Kier alpha value is -4.12. The molecule has 0 saturated carbocycles. The van der Waals surface area contributed by atoms with E-state index in [0.29, 0.717) is 0 Å². The molecule has 7 nitrogen and oxygen atoms in total. The number of halogens is 5. The molecule has 4 aromatic rings. The zero-order valence-corrected chi connectivity index (χ0v) is 19.2. The maximum atomic E-state index is 14.7. The van der Waals surface area contributed by atoms with Gasteiger partial charge < -0.3 is 9.47 Å². The van der Waals surface area contributed by atoms with Crippen LogP contribution in [0.1, 0.15) is 11.3 Å².